The topological polar surface area (TPSA) is 148 Å². The van der Waals surface area contributed by atoms with Crippen molar-refractivity contribution in [1.29, 1.82) is 0 Å². The Morgan fingerprint density at radius 2 is 1.83 bits per heavy atom. The quantitative estimate of drug-likeness (QED) is 0.170. The Hall–Kier alpha value is -4.58. The van der Waals surface area contributed by atoms with Crippen molar-refractivity contribution in [1.82, 2.24) is 0 Å². The number of aliphatic hydroxyl groups excluding tert-OH is 1. The molecule has 4 aromatic rings. The summed E-state index contributed by atoms with van der Waals surface area (Å²) < 4.78 is 23.4. The number of aliphatic hydroxyl groups is 1. The van der Waals surface area contributed by atoms with E-state index < -0.39 is 35.4 Å². The lowest BCUT2D eigenvalue weighted by atomic mass is 9.92. The van der Waals surface area contributed by atoms with Crippen LogP contribution in [-0.2, 0) is 20.7 Å². The predicted octanol–water partition coefficient (Wildman–Crippen LogP) is 6.23. The SMILES string of the molecule is CCc1cc(NC(=O)C[C@H]2O[C@H](c3cccc(OC)c3OC)c3cc(Cl)ccc3N(CC(C)(C)CO)C2=O)cc2cc(C(=O)O)oc12. The zero-order valence-corrected chi connectivity index (χ0v) is 27.5. The molecule has 12 heteroatoms. The van der Waals surface area contributed by atoms with Crippen molar-refractivity contribution in [2.45, 2.75) is 45.8 Å². The predicted molar refractivity (Wildman–Crippen MR) is 177 cm³/mol. The van der Waals surface area contributed by atoms with Crippen LogP contribution in [0.5, 0.6) is 11.5 Å². The van der Waals surface area contributed by atoms with Gasteiger partial charge in [-0.15, -0.1) is 0 Å². The van der Waals surface area contributed by atoms with Gasteiger partial charge in [0.1, 0.15) is 17.8 Å². The van der Waals surface area contributed by atoms with Crippen LogP contribution in [0.4, 0.5) is 11.4 Å². The summed E-state index contributed by atoms with van der Waals surface area (Å²) in [7, 11) is 3.02. The second kappa shape index (κ2) is 13.6. The molecule has 47 heavy (non-hydrogen) atoms. The maximum atomic E-state index is 14.4. The van der Waals surface area contributed by atoms with Crippen LogP contribution >= 0.6 is 11.6 Å². The Balaban J connectivity index is 1.56. The molecule has 0 aliphatic carbocycles. The molecule has 248 valence electrons. The zero-order valence-electron chi connectivity index (χ0n) is 26.8. The monoisotopic (exact) mass is 664 g/mol. The minimum absolute atomic E-state index is 0.128. The average Bonchev–Trinajstić information content (AvgIpc) is 3.45. The highest BCUT2D eigenvalue weighted by Crippen LogP contribution is 2.45. The second-order valence-corrected chi connectivity index (χ2v) is 12.5. The first-order chi connectivity index (χ1) is 22.4. The third-order valence-electron chi connectivity index (χ3n) is 8.07. The van der Waals surface area contributed by atoms with Gasteiger partial charge in [0, 0.05) is 51.5 Å². The lowest BCUT2D eigenvalue weighted by molar-refractivity contribution is -0.136. The number of aromatic carboxylic acids is 1. The smallest absolute Gasteiger partial charge is 0.371 e. The van der Waals surface area contributed by atoms with E-state index in [1.54, 1.807) is 48.5 Å². The maximum Gasteiger partial charge on any atom is 0.371 e. The van der Waals surface area contributed by atoms with Crippen molar-refractivity contribution in [3.8, 4) is 11.5 Å². The molecule has 2 atom stereocenters. The summed E-state index contributed by atoms with van der Waals surface area (Å²) >= 11 is 6.50. The molecule has 0 fully saturated rings. The molecule has 0 unspecified atom stereocenters. The van der Waals surface area contributed by atoms with E-state index in [1.807, 2.05) is 20.8 Å². The highest BCUT2D eigenvalue weighted by molar-refractivity contribution is 6.30. The number of rotatable bonds is 11. The number of halogens is 1. The molecule has 3 aromatic carbocycles. The molecule has 1 aliphatic heterocycles. The number of anilines is 2. The van der Waals surface area contributed by atoms with E-state index in [9.17, 15) is 24.6 Å². The Bertz CT molecular complexity index is 1830. The number of carbonyl (C=O) groups is 3. The molecule has 3 N–H and O–H groups in total. The fraction of sp³-hybridized carbons (Fsp3) is 0.343. The summed E-state index contributed by atoms with van der Waals surface area (Å²) in [5.41, 5.74) is 2.51. The number of aryl methyl sites for hydroxylation is 1. The van der Waals surface area contributed by atoms with Gasteiger partial charge in [0.25, 0.3) is 5.91 Å². The van der Waals surface area contributed by atoms with Crippen LogP contribution in [0, 0.1) is 5.41 Å². The number of methoxy groups -OCH3 is 2. The van der Waals surface area contributed by atoms with Gasteiger partial charge in [0.15, 0.2) is 11.5 Å². The molecule has 1 aliphatic rings. The van der Waals surface area contributed by atoms with Gasteiger partial charge in [0.05, 0.1) is 20.6 Å². The standard InChI is InChI=1S/C35H37ClN2O9/c1-6-19-12-22(13-20-14-28(34(42)43)47-30(19)20)37-29(40)16-27-33(41)38(17-35(2,3)18-39)25-11-10-21(36)15-24(25)31(46-27)23-8-7-9-26(44-4)32(23)45-5/h7-15,27,31,39H,6,16-18H2,1-5H3,(H,37,40)(H,42,43)/t27-,31-/m1/s1. The summed E-state index contributed by atoms with van der Waals surface area (Å²) in [4.78, 5) is 41.0. The van der Waals surface area contributed by atoms with E-state index in [0.29, 0.717) is 62.0 Å². The van der Waals surface area contributed by atoms with Crippen LogP contribution in [0.15, 0.2) is 59.0 Å². The Kier molecular flexibility index (Phi) is 9.81. The molecular formula is C35H37ClN2O9. The van der Waals surface area contributed by atoms with Gasteiger partial charge in [-0.25, -0.2) is 4.79 Å². The Labute approximate surface area is 277 Å². The molecule has 0 bridgehead atoms. The van der Waals surface area contributed by atoms with Crippen LogP contribution < -0.4 is 19.7 Å². The van der Waals surface area contributed by atoms with Crippen molar-refractivity contribution in [3.05, 3.63) is 82.1 Å². The van der Waals surface area contributed by atoms with Gasteiger partial charge < -0.3 is 39.1 Å². The summed E-state index contributed by atoms with van der Waals surface area (Å²) in [6.07, 6.45) is -2.00. The molecule has 0 spiro atoms. The molecule has 0 saturated heterocycles. The number of carboxylic acids is 1. The number of nitrogens with zero attached hydrogens (tertiary/aromatic N) is 1. The van der Waals surface area contributed by atoms with Crippen LogP contribution in [0.25, 0.3) is 11.0 Å². The largest absolute Gasteiger partial charge is 0.493 e. The lowest BCUT2D eigenvalue weighted by Gasteiger charge is -2.32. The number of furan rings is 1. The number of hydrogen-bond donors (Lipinski definition) is 3. The molecule has 2 heterocycles. The van der Waals surface area contributed by atoms with E-state index in [0.717, 1.165) is 0 Å². The van der Waals surface area contributed by atoms with Crippen LogP contribution in [0.3, 0.4) is 0 Å². The van der Waals surface area contributed by atoms with E-state index in [2.05, 4.69) is 5.32 Å². The molecule has 2 amide bonds. The van der Waals surface area contributed by atoms with E-state index in [1.165, 1.54) is 25.2 Å². The zero-order chi connectivity index (χ0) is 34.0. The van der Waals surface area contributed by atoms with E-state index in [4.69, 9.17) is 30.2 Å². The summed E-state index contributed by atoms with van der Waals surface area (Å²) in [5.74, 6) is -1.54. The van der Waals surface area contributed by atoms with Crippen molar-refractivity contribution in [3.63, 3.8) is 0 Å². The molecule has 5 rings (SSSR count). The first-order valence-corrected chi connectivity index (χ1v) is 15.4. The number of carbonyl (C=O) groups excluding carboxylic acids is 2. The van der Waals surface area contributed by atoms with E-state index in [-0.39, 0.29) is 25.3 Å². The highest BCUT2D eigenvalue weighted by Gasteiger charge is 2.40. The molecule has 11 nitrogen and oxygen atoms in total. The normalized spacial score (nSPS) is 16.5. The van der Waals surface area contributed by atoms with Crippen LogP contribution in [-0.4, -0.2) is 61.5 Å². The van der Waals surface area contributed by atoms with Crippen molar-refractivity contribution >= 4 is 51.7 Å². The number of carboxylic acid groups (broad SMARTS) is 1. The van der Waals surface area contributed by atoms with Gasteiger partial charge in [-0.1, -0.05) is 44.5 Å². The number of benzene rings is 3. The third-order valence-corrected chi connectivity index (χ3v) is 8.31. The first-order valence-electron chi connectivity index (χ1n) is 15.1. The first kappa shape index (κ1) is 33.8. The number of fused-ring (bicyclic) bond motifs is 2. The summed E-state index contributed by atoms with van der Waals surface area (Å²) in [5, 5.41) is 23.3. The van der Waals surface area contributed by atoms with Crippen LogP contribution in [0.2, 0.25) is 5.02 Å². The van der Waals surface area contributed by atoms with Gasteiger partial charge in [0.2, 0.25) is 11.7 Å². The van der Waals surface area contributed by atoms with Gasteiger partial charge in [-0.3, -0.25) is 9.59 Å². The third kappa shape index (κ3) is 6.92. The molecule has 0 radical (unpaired) electrons. The minimum Gasteiger partial charge on any atom is -0.493 e. The van der Waals surface area contributed by atoms with Gasteiger partial charge >= 0.3 is 5.97 Å². The number of amides is 2. The maximum absolute atomic E-state index is 14.4. The molecule has 1 aromatic heterocycles. The number of hydrogen-bond acceptors (Lipinski definition) is 8. The molecule has 0 saturated carbocycles. The van der Waals surface area contributed by atoms with Crippen LogP contribution in [0.1, 0.15) is 60.5 Å². The average molecular weight is 665 g/mol. The summed E-state index contributed by atoms with van der Waals surface area (Å²) in [6, 6.07) is 15.2. The van der Waals surface area contributed by atoms with Crippen molar-refractivity contribution in [2.24, 2.45) is 5.41 Å². The van der Waals surface area contributed by atoms with Gasteiger partial charge in [-0.05, 0) is 54.4 Å². The summed E-state index contributed by atoms with van der Waals surface area (Å²) in [6.45, 7) is 5.49. The number of nitrogens with one attached hydrogen (secondary N) is 1. The fourth-order valence-corrected chi connectivity index (χ4v) is 5.93. The minimum atomic E-state index is -1.27. The number of para-hydroxylation sites is 1. The lowest BCUT2D eigenvalue weighted by Crippen LogP contribution is -2.46. The number of ether oxygens (including phenoxy) is 3. The Morgan fingerprint density at radius 1 is 1.06 bits per heavy atom. The van der Waals surface area contributed by atoms with Crippen molar-refractivity contribution < 1.29 is 43.2 Å². The van der Waals surface area contributed by atoms with E-state index >= 15 is 0 Å². The Morgan fingerprint density at radius 3 is 2.49 bits per heavy atom. The van der Waals surface area contributed by atoms with Crippen molar-refractivity contribution in [2.75, 3.05) is 37.6 Å². The van der Waals surface area contributed by atoms with Gasteiger partial charge in [-0.2, -0.15) is 0 Å². The fourth-order valence-electron chi connectivity index (χ4n) is 5.75. The molecular weight excluding hydrogens is 628 g/mol. The highest BCUT2D eigenvalue weighted by atomic mass is 35.5. The second-order valence-electron chi connectivity index (χ2n) is 12.1.